The van der Waals surface area contributed by atoms with Crippen LogP contribution in [0.5, 0.6) is 5.75 Å². The summed E-state index contributed by atoms with van der Waals surface area (Å²) in [6.07, 6.45) is 11.2. The third-order valence-corrected chi connectivity index (χ3v) is 11.1. The number of methoxy groups -OCH3 is 1. The number of likely N-dealkylation sites (tertiary alicyclic amines) is 1. The smallest absolute Gasteiger partial charge is 0.410 e. The molecule has 3 aliphatic rings. The van der Waals surface area contributed by atoms with Crippen molar-refractivity contribution < 1.29 is 24.2 Å². The summed E-state index contributed by atoms with van der Waals surface area (Å²) < 4.78 is 13.2. The van der Waals surface area contributed by atoms with E-state index in [0.29, 0.717) is 49.9 Å². The van der Waals surface area contributed by atoms with Crippen LogP contribution in [0.2, 0.25) is 0 Å². The highest BCUT2D eigenvalue weighted by Crippen LogP contribution is 2.38. The number of ether oxygens (including phenoxy) is 2. The zero-order chi connectivity index (χ0) is 34.9. The van der Waals surface area contributed by atoms with Crippen LogP contribution < -0.4 is 9.64 Å². The first-order valence-electron chi connectivity index (χ1n) is 17.9. The first-order valence-corrected chi connectivity index (χ1v) is 17.9. The summed E-state index contributed by atoms with van der Waals surface area (Å²) in [6, 6.07) is 8.34. The molecule has 264 valence electrons. The number of anilines is 1. The van der Waals surface area contributed by atoms with Gasteiger partial charge in [0.25, 0.3) is 0 Å². The largest absolute Gasteiger partial charge is 0.495 e. The van der Waals surface area contributed by atoms with Crippen LogP contribution in [-0.2, 0) is 9.53 Å². The van der Waals surface area contributed by atoms with Crippen molar-refractivity contribution in [2.24, 2.45) is 11.8 Å². The zero-order valence-corrected chi connectivity index (χ0v) is 29.8. The van der Waals surface area contributed by atoms with E-state index in [-0.39, 0.29) is 36.6 Å². The normalized spacial score (nSPS) is 25.1. The van der Waals surface area contributed by atoms with Crippen LogP contribution in [-0.4, -0.2) is 79.7 Å². The molecule has 0 radical (unpaired) electrons. The molecule has 3 aromatic rings. The summed E-state index contributed by atoms with van der Waals surface area (Å²) in [5.74, 6) is 2.14. The van der Waals surface area contributed by atoms with E-state index in [4.69, 9.17) is 19.4 Å². The van der Waals surface area contributed by atoms with Crippen molar-refractivity contribution in [1.82, 2.24) is 24.6 Å². The van der Waals surface area contributed by atoms with Crippen molar-refractivity contribution in [2.45, 2.75) is 116 Å². The van der Waals surface area contributed by atoms with Crippen molar-refractivity contribution in [1.29, 1.82) is 0 Å². The Morgan fingerprint density at radius 2 is 1.78 bits per heavy atom. The molecule has 3 aromatic heterocycles. The van der Waals surface area contributed by atoms with Gasteiger partial charge in [0, 0.05) is 48.1 Å². The number of β-amino-alcohol motifs (C(OH)–C–C–N with tert-alkyl or cyclic N) is 1. The Bertz CT molecular complexity index is 1620. The number of pyridine rings is 2. The third-order valence-electron chi connectivity index (χ3n) is 11.1. The monoisotopic (exact) mass is 672 g/mol. The van der Waals surface area contributed by atoms with Crippen LogP contribution in [0.15, 0.2) is 42.9 Å². The van der Waals surface area contributed by atoms with Gasteiger partial charge in [0.1, 0.15) is 17.7 Å². The minimum Gasteiger partial charge on any atom is -0.495 e. The summed E-state index contributed by atoms with van der Waals surface area (Å²) in [5.41, 5.74) is 3.38. The van der Waals surface area contributed by atoms with Crippen LogP contribution in [0.25, 0.3) is 11.1 Å². The van der Waals surface area contributed by atoms with E-state index in [1.54, 1.807) is 18.2 Å². The lowest BCUT2D eigenvalue weighted by Gasteiger charge is -2.51. The van der Waals surface area contributed by atoms with Crippen molar-refractivity contribution in [3.05, 3.63) is 54.2 Å². The average Bonchev–Trinajstić information content (AvgIpc) is 3.61. The summed E-state index contributed by atoms with van der Waals surface area (Å²) in [4.78, 5) is 40.3. The van der Waals surface area contributed by atoms with Crippen LogP contribution in [0, 0.1) is 18.8 Å². The molecule has 1 N–H and O–H groups in total. The number of aliphatic hydroxyl groups excluding tert-OH is 1. The number of aromatic nitrogens is 4. The molecule has 11 nitrogen and oxygen atoms in total. The fraction of sp³-hybridized carbons (Fsp3) is 0.605. The number of hydrogen-bond donors (Lipinski definition) is 1. The van der Waals surface area contributed by atoms with Gasteiger partial charge >= 0.3 is 6.09 Å². The number of carbonyl (C=O) groups excluding carboxylic acids is 2. The second-order valence-electron chi connectivity index (χ2n) is 15.0. The molecule has 1 unspecified atom stereocenters. The van der Waals surface area contributed by atoms with E-state index in [0.717, 1.165) is 53.9 Å². The second-order valence-corrected chi connectivity index (χ2v) is 15.0. The summed E-state index contributed by atoms with van der Waals surface area (Å²) in [7, 11) is 1.67. The number of nitrogens with zero attached hydrogens (tertiary/aromatic N) is 6. The van der Waals surface area contributed by atoms with E-state index in [9.17, 15) is 14.7 Å². The molecular weight excluding hydrogens is 620 g/mol. The van der Waals surface area contributed by atoms with Crippen molar-refractivity contribution in [3.8, 4) is 16.9 Å². The van der Waals surface area contributed by atoms with Gasteiger partial charge in [0.05, 0.1) is 37.2 Å². The van der Waals surface area contributed by atoms with Gasteiger partial charge in [0.2, 0.25) is 5.91 Å². The first-order chi connectivity index (χ1) is 23.4. The fourth-order valence-electron chi connectivity index (χ4n) is 7.58. The van der Waals surface area contributed by atoms with Crippen LogP contribution >= 0.6 is 0 Å². The van der Waals surface area contributed by atoms with Gasteiger partial charge in [-0.15, -0.1) is 0 Å². The van der Waals surface area contributed by atoms with E-state index in [1.807, 2.05) is 60.9 Å². The molecule has 2 saturated carbocycles. The fourth-order valence-corrected chi connectivity index (χ4v) is 7.58. The van der Waals surface area contributed by atoms with E-state index < -0.39 is 11.6 Å². The molecule has 49 heavy (non-hydrogen) atoms. The maximum atomic E-state index is 14.4. The van der Waals surface area contributed by atoms with Gasteiger partial charge < -0.3 is 14.6 Å². The zero-order valence-electron chi connectivity index (χ0n) is 29.8. The molecule has 0 bridgehead atoms. The molecular formula is C38H52N6O5. The molecule has 2 aliphatic carbocycles. The number of aliphatic hydroxyl groups is 1. The van der Waals surface area contributed by atoms with Crippen molar-refractivity contribution in [2.75, 3.05) is 25.1 Å². The Hall–Kier alpha value is -3.99. The Labute approximate surface area is 290 Å². The Morgan fingerprint density at radius 1 is 1.04 bits per heavy atom. The van der Waals surface area contributed by atoms with Crippen molar-refractivity contribution >= 4 is 17.8 Å². The second kappa shape index (κ2) is 14.5. The summed E-state index contributed by atoms with van der Waals surface area (Å²) >= 11 is 0. The molecule has 2 amide bonds. The number of carbonyl (C=O) groups is 2. The van der Waals surface area contributed by atoms with Gasteiger partial charge in [0.15, 0.2) is 0 Å². The molecule has 0 aromatic carbocycles. The van der Waals surface area contributed by atoms with Crippen LogP contribution in [0.1, 0.15) is 102 Å². The molecule has 1 atom stereocenters. The minimum atomic E-state index is -0.622. The summed E-state index contributed by atoms with van der Waals surface area (Å²) in [6.45, 7) is 10.8. The molecule has 3 fully saturated rings. The molecule has 6 rings (SSSR count). The van der Waals surface area contributed by atoms with Crippen LogP contribution in [0.4, 0.5) is 10.6 Å². The quantitative estimate of drug-likeness (QED) is 0.267. The highest BCUT2D eigenvalue weighted by atomic mass is 16.6. The maximum Gasteiger partial charge on any atom is 0.410 e. The van der Waals surface area contributed by atoms with Gasteiger partial charge in [-0.3, -0.25) is 24.3 Å². The predicted octanol–water partition coefficient (Wildman–Crippen LogP) is 6.70. The van der Waals surface area contributed by atoms with E-state index in [2.05, 4.69) is 25.0 Å². The minimum absolute atomic E-state index is 0.0915. The molecule has 4 heterocycles. The highest BCUT2D eigenvalue weighted by molar-refractivity contribution is 5.94. The lowest BCUT2D eigenvalue weighted by molar-refractivity contribution is -0.125. The van der Waals surface area contributed by atoms with Crippen LogP contribution in [0.3, 0.4) is 0 Å². The molecule has 0 spiro atoms. The number of amides is 2. The number of hydrogen-bond acceptors (Lipinski definition) is 8. The third kappa shape index (κ3) is 7.46. The lowest BCUT2D eigenvalue weighted by Crippen LogP contribution is -2.69. The topological polar surface area (TPSA) is 123 Å². The predicted molar refractivity (Wildman–Crippen MR) is 187 cm³/mol. The number of rotatable bonds is 9. The van der Waals surface area contributed by atoms with E-state index in [1.165, 1.54) is 0 Å². The first kappa shape index (κ1) is 34.9. The van der Waals surface area contributed by atoms with Gasteiger partial charge in [-0.2, -0.15) is 5.10 Å². The average molecular weight is 673 g/mol. The summed E-state index contributed by atoms with van der Waals surface area (Å²) in [5, 5.41) is 14.6. The Morgan fingerprint density at radius 3 is 2.39 bits per heavy atom. The number of aryl methyl sites for hydroxylation is 1. The van der Waals surface area contributed by atoms with E-state index >= 15 is 0 Å². The lowest BCUT2D eigenvalue weighted by atomic mass is 9.79. The molecule has 1 saturated heterocycles. The Kier molecular flexibility index (Phi) is 10.3. The SMILES string of the molecule is COc1ccc(C2CCC(CN(C(=O)C3CCC(OC(=O)N4CC(O)C4(C)C)CC3)c3cc(-c4cnn(C(C)C)c4)ccn3)CC2)nc1C. The van der Waals surface area contributed by atoms with Gasteiger partial charge in [-0.1, -0.05) is 0 Å². The Balaban J connectivity index is 1.15. The highest BCUT2D eigenvalue weighted by Gasteiger charge is 2.49. The standard InChI is InChI=1S/C38H52N6O5/c1-24(2)44-22-30(20-40-44)29-17-18-39-35(19-29)42(21-26-7-9-27(10-8-26)32-15-16-33(48-6)25(3)41-32)36(46)28-11-13-31(14-12-28)49-37(47)43-23-34(45)38(43,4)5/h15-20,22,24,26-28,31,34,45H,7-14,21,23H2,1-6H3. The van der Waals surface area contributed by atoms with Gasteiger partial charge in [-0.25, -0.2) is 9.78 Å². The molecule has 1 aliphatic heterocycles. The van der Waals surface area contributed by atoms with Gasteiger partial charge in [-0.05, 0) is 122 Å². The maximum absolute atomic E-state index is 14.4. The van der Waals surface area contributed by atoms with Crippen molar-refractivity contribution in [3.63, 3.8) is 0 Å². The molecule has 11 heteroatoms.